The van der Waals surface area contributed by atoms with Gasteiger partial charge in [-0.05, 0) is 23.3 Å². The summed E-state index contributed by atoms with van der Waals surface area (Å²) in [6.07, 6.45) is 0. The predicted octanol–water partition coefficient (Wildman–Crippen LogP) is 2.49. The fourth-order valence-electron chi connectivity index (χ4n) is 2.57. The molecular formula is C17H16N2O3. The molecule has 1 atom stereocenters. The van der Waals surface area contributed by atoms with Crippen LogP contribution in [0, 0.1) is 0 Å². The zero-order valence-electron chi connectivity index (χ0n) is 12.2. The van der Waals surface area contributed by atoms with Crippen LogP contribution in [0.25, 0.3) is 0 Å². The Kier molecular flexibility index (Phi) is 3.78. The van der Waals surface area contributed by atoms with Gasteiger partial charge >= 0.3 is 6.03 Å². The topological polar surface area (TPSA) is 58.6 Å². The minimum Gasteiger partial charge on any atom is -0.497 e. The van der Waals surface area contributed by atoms with Crippen molar-refractivity contribution in [1.82, 2.24) is 10.2 Å². The van der Waals surface area contributed by atoms with Crippen molar-refractivity contribution in [2.45, 2.75) is 12.6 Å². The van der Waals surface area contributed by atoms with Gasteiger partial charge < -0.3 is 9.64 Å². The highest BCUT2D eigenvalue weighted by Crippen LogP contribution is 2.28. The van der Waals surface area contributed by atoms with Crippen LogP contribution in [0.2, 0.25) is 0 Å². The van der Waals surface area contributed by atoms with Crippen LogP contribution in [-0.4, -0.2) is 23.9 Å². The summed E-state index contributed by atoms with van der Waals surface area (Å²) in [5.41, 5.74) is 1.74. The van der Waals surface area contributed by atoms with Crippen molar-refractivity contribution in [1.29, 1.82) is 0 Å². The van der Waals surface area contributed by atoms with Gasteiger partial charge in [0, 0.05) is 6.54 Å². The Bertz CT molecular complexity index is 683. The number of hydrogen-bond acceptors (Lipinski definition) is 3. The highest BCUT2D eigenvalue weighted by atomic mass is 16.5. The number of carbonyl (C=O) groups is 2. The lowest BCUT2D eigenvalue weighted by atomic mass is 10.1. The predicted molar refractivity (Wildman–Crippen MR) is 81.3 cm³/mol. The van der Waals surface area contributed by atoms with Crippen LogP contribution in [0.1, 0.15) is 17.2 Å². The average molecular weight is 296 g/mol. The number of amides is 3. The van der Waals surface area contributed by atoms with Gasteiger partial charge in [-0.3, -0.25) is 10.1 Å². The lowest BCUT2D eigenvalue weighted by molar-refractivity contribution is -0.121. The fraction of sp³-hybridized carbons (Fsp3) is 0.176. The number of hydrogen-bond donors (Lipinski definition) is 1. The van der Waals surface area contributed by atoms with Gasteiger partial charge in [0.2, 0.25) is 0 Å². The van der Waals surface area contributed by atoms with Gasteiger partial charge in [-0.15, -0.1) is 0 Å². The second-order valence-corrected chi connectivity index (χ2v) is 5.08. The van der Waals surface area contributed by atoms with Crippen molar-refractivity contribution < 1.29 is 14.3 Å². The number of methoxy groups -OCH3 is 1. The molecule has 1 N–H and O–H groups in total. The van der Waals surface area contributed by atoms with Gasteiger partial charge in [-0.25, -0.2) is 4.79 Å². The van der Waals surface area contributed by atoms with Gasteiger partial charge in [0.25, 0.3) is 5.91 Å². The maximum atomic E-state index is 12.1. The first-order valence-electron chi connectivity index (χ1n) is 6.98. The highest BCUT2D eigenvalue weighted by Gasteiger charge is 2.39. The number of ether oxygens (including phenoxy) is 1. The van der Waals surface area contributed by atoms with Gasteiger partial charge in [0.1, 0.15) is 11.8 Å². The van der Waals surface area contributed by atoms with E-state index in [0.717, 1.165) is 11.1 Å². The van der Waals surface area contributed by atoms with E-state index >= 15 is 0 Å². The summed E-state index contributed by atoms with van der Waals surface area (Å²) in [4.78, 5) is 25.7. The first-order chi connectivity index (χ1) is 10.7. The molecule has 0 spiro atoms. The maximum absolute atomic E-state index is 12.1. The molecule has 1 fully saturated rings. The average Bonchev–Trinajstić information content (AvgIpc) is 2.82. The molecule has 0 saturated carbocycles. The molecule has 1 saturated heterocycles. The summed E-state index contributed by atoms with van der Waals surface area (Å²) in [6.45, 7) is 0.384. The second-order valence-electron chi connectivity index (χ2n) is 5.08. The van der Waals surface area contributed by atoms with E-state index in [1.807, 2.05) is 30.3 Å². The number of nitrogens with zero attached hydrogens (tertiary/aromatic N) is 1. The van der Waals surface area contributed by atoms with Crippen molar-refractivity contribution in [3.05, 3.63) is 65.7 Å². The quantitative estimate of drug-likeness (QED) is 0.882. The van der Waals surface area contributed by atoms with E-state index in [9.17, 15) is 9.59 Å². The molecule has 3 amide bonds. The molecule has 0 unspecified atom stereocenters. The molecule has 1 aliphatic rings. The molecule has 0 aromatic heterocycles. The van der Waals surface area contributed by atoms with Crippen molar-refractivity contribution in [2.75, 3.05) is 7.11 Å². The number of imide groups is 1. The first kappa shape index (κ1) is 14.1. The van der Waals surface area contributed by atoms with Crippen LogP contribution < -0.4 is 10.1 Å². The monoisotopic (exact) mass is 296 g/mol. The Morgan fingerprint density at radius 1 is 1.05 bits per heavy atom. The summed E-state index contributed by atoms with van der Waals surface area (Å²) in [5.74, 6) is 0.411. The van der Waals surface area contributed by atoms with E-state index in [1.165, 1.54) is 0 Å². The molecule has 5 heteroatoms. The van der Waals surface area contributed by atoms with E-state index in [-0.39, 0.29) is 11.9 Å². The van der Waals surface area contributed by atoms with Crippen LogP contribution in [0.15, 0.2) is 54.6 Å². The molecule has 2 aromatic carbocycles. The fourth-order valence-corrected chi connectivity index (χ4v) is 2.57. The van der Waals surface area contributed by atoms with Crippen molar-refractivity contribution >= 4 is 11.9 Å². The molecule has 0 radical (unpaired) electrons. The largest absolute Gasteiger partial charge is 0.497 e. The molecule has 0 aliphatic carbocycles. The SMILES string of the molecule is COc1ccc([C@H]2C(=O)NC(=O)N2Cc2ccccc2)cc1. The molecular weight excluding hydrogens is 280 g/mol. The van der Waals surface area contributed by atoms with E-state index in [1.54, 1.807) is 36.3 Å². The van der Waals surface area contributed by atoms with E-state index < -0.39 is 6.04 Å². The minimum atomic E-state index is -0.612. The van der Waals surface area contributed by atoms with Crippen molar-refractivity contribution in [3.63, 3.8) is 0 Å². The molecule has 22 heavy (non-hydrogen) atoms. The smallest absolute Gasteiger partial charge is 0.325 e. The third-order valence-electron chi connectivity index (χ3n) is 3.68. The number of rotatable bonds is 4. The Morgan fingerprint density at radius 3 is 2.36 bits per heavy atom. The summed E-state index contributed by atoms with van der Waals surface area (Å²) in [5, 5.41) is 2.38. The molecule has 2 aromatic rings. The lowest BCUT2D eigenvalue weighted by Crippen LogP contribution is -2.29. The van der Waals surface area contributed by atoms with Crippen LogP contribution in [0.5, 0.6) is 5.75 Å². The molecule has 3 rings (SSSR count). The standard InChI is InChI=1S/C17H16N2O3/c1-22-14-9-7-13(8-10-14)15-16(20)18-17(21)19(15)11-12-5-3-2-4-6-12/h2-10,15H,11H2,1H3,(H,18,20,21)/t15-/m0/s1. The number of carbonyl (C=O) groups excluding carboxylic acids is 2. The van der Waals surface area contributed by atoms with Gasteiger partial charge in [0.15, 0.2) is 0 Å². The van der Waals surface area contributed by atoms with E-state index in [4.69, 9.17) is 4.74 Å². The number of benzene rings is 2. The van der Waals surface area contributed by atoms with Gasteiger partial charge in [0.05, 0.1) is 7.11 Å². The second kappa shape index (κ2) is 5.89. The minimum absolute atomic E-state index is 0.300. The maximum Gasteiger partial charge on any atom is 0.325 e. The Morgan fingerprint density at radius 2 is 1.73 bits per heavy atom. The molecule has 5 nitrogen and oxygen atoms in total. The van der Waals surface area contributed by atoms with Crippen molar-refractivity contribution in [2.24, 2.45) is 0 Å². The van der Waals surface area contributed by atoms with Crippen LogP contribution in [0.4, 0.5) is 4.79 Å². The number of nitrogens with one attached hydrogen (secondary N) is 1. The molecule has 112 valence electrons. The zero-order valence-corrected chi connectivity index (χ0v) is 12.2. The third-order valence-corrected chi connectivity index (χ3v) is 3.68. The van der Waals surface area contributed by atoms with Crippen molar-refractivity contribution in [3.8, 4) is 5.75 Å². The van der Waals surface area contributed by atoms with E-state index in [2.05, 4.69) is 5.32 Å². The lowest BCUT2D eigenvalue weighted by Gasteiger charge is -2.22. The Balaban J connectivity index is 1.89. The highest BCUT2D eigenvalue weighted by molar-refractivity contribution is 6.04. The Hall–Kier alpha value is -2.82. The van der Waals surface area contributed by atoms with Gasteiger partial charge in [-0.1, -0.05) is 42.5 Å². The summed E-state index contributed by atoms with van der Waals surface area (Å²) >= 11 is 0. The zero-order chi connectivity index (χ0) is 15.5. The third kappa shape index (κ3) is 2.65. The van der Waals surface area contributed by atoms with Crippen LogP contribution >= 0.6 is 0 Å². The molecule has 1 aliphatic heterocycles. The summed E-state index contributed by atoms with van der Waals surface area (Å²) in [6, 6.07) is 15.8. The summed E-state index contributed by atoms with van der Waals surface area (Å²) < 4.78 is 5.12. The van der Waals surface area contributed by atoms with E-state index in [0.29, 0.717) is 12.3 Å². The van der Waals surface area contributed by atoms with Gasteiger partial charge in [-0.2, -0.15) is 0 Å². The number of urea groups is 1. The van der Waals surface area contributed by atoms with Crippen LogP contribution in [-0.2, 0) is 11.3 Å². The normalized spacial score (nSPS) is 17.5. The Labute approximate surface area is 128 Å². The first-order valence-corrected chi connectivity index (χ1v) is 6.98. The molecule has 1 heterocycles. The molecule has 0 bridgehead atoms. The van der Waals surface area contributed by atoms with Crippen LogP contribution in [0.3, 0.4) is 0 Å². The summed E-state index contributed by atoms with van der Waals surface area (Å²) in [7, 11) is 1.59.